The molecule has 0 saturated heterocycles. The predicted octanol–water partition coefficient (Wildman–Crippen LogP) is 5.76. The van der Waals surface area contributed by atoms with E-state index in [1.165, 1.54) is 6.07 Å². The molecule has 0 unspecified atom stereocenters. The van der Waals surface area contributed by atoms with E-state index < -0.39 is 16.8 Å². The van der Waals surface area contributed by atoms with Crippen LogP contribution in [0.2, 0.25) is 0 Å². The average molecular weight is 518 g/mol. The van der Waals surface area contributed by atoms with Crippen molar-refractivity contribution >= 4 is 27.7 Å². The molecule has 34 heavy (non-hydrogen) atoms. The molecular formula is C28H24BrNO4. The summed E-state index contributed by atoms with van der Waals surface area (Å²) in [6, 6.07) is 23.6. The summed E-state index contributed by atoms with van der Waals surface area (Å²) in [4.78, 5) is 27.5. The van der Waals surface area contributed by atoms with E-state index in [0.717, 1.165) is 11.1 Å². The van der Waals surface area contributed by atoms with E-state index in [9.17, 15) is 20.0 Å². The second kappa shape index (κ2) is 9.44. The van der Waals surface area contributed by atoms with E-state index in [4.69, 9.17) is 4.74 Å². The van der Waals surface area contributed by atoms with Crippen LogP contribution >= 0.6 is 15.9 Å². The molecule has 3 aromatic carbocycles. The van der Waals surface area contributed by atoms with E-state index in [0.29, 0.717) is 22.0 Å². The Morgan fingerprint density at radius 1 is 1.12 bits per heavy atom. The van der Waals surface area contributed by atoms with Crippen LogP contribution in [0.15, 0.2) is 77.3 Å². The maximum Gasteiger partial charge on any atom is 0.322 e. The standard InChI is InChI=1S/C28H24BrNO4/c1-19-9-11-21(12-10-19)28(18-30,22-13-14-24(31)23(29)16-22)27(15-5-8-25(27)32)26(33)34-17-20-6-3-2-4-7-20/h2-4,6-7,9-14,16,31H,5,8,15,17H2,1H3/t27-,28-/m0/s1. The van der Waals surface area contributed by atoms with Crippen molar-refractivity contribution in [2.75, 3.05) is 0 Å². The van der Waals surface area contributed by atoms with Crippen LogP contribution in [0.3, 0.4) is 0 Å². The molecule has 0 aromatic heterocycles. The lowest BCUT2D eigenvalue weighted by Crippen LogP contribution is -2.54. The van der Waals surface area contributed by atoms with Gasteiger partial charge in [-0.1, -0.05) is 66.2 Å². The van der Waals surface area contributed by atoms with Crippen LogP contribution < -0.4 is 0 Å². The predicted molar refractivity (Wildman–Crippen MR) is 131 cm³/mol. The highest BCUT2D eigenvalue weighted by molar-refractivity contribution is 9.10. The highest BCUT2D eigenvalue weighted by atomic mass is 79.9. The van der Waals surface area contributed by atoms with Crippen LogP contribution in [0.25, 0.3) is 0 Å². The van der Waals surface area contributed by atoms with Gasteiger partial charge in [0.2, 0.25) is 0 Å². The lowest BCUT2D eigenvalue weighted by atomic mass is 9.56. The van der Waals surface area contributed by atoms with Crippen molar-refractivity contribution in [2.45, 2.75) is 38.2 Å². The molecular weight excluding hydrogens is 494 g/mol. The number of phenols is 1. The van der Waals surface area contributed by atoms with Gasteiger partial charge in [-0.3, -0.25) is 9.59 Å². The molecule has 6 heteroatoms. The molecule has 0 aliphatic heterocycles. The van der Waals surface area contributed by atoms with Crippen LogP contribution in [0.5, 0.6) is 5.75 Å². The molecule has 172 valence electrons. The fourth-order valence-corrected chi connectivity index (χ4v) is 5.29. The Morgan fingerprint density at radius 3 is 2.38 bits per heavy atom. The number of aryl methyl sites for hydroxylation is 1. The first-order valence-electron chi connectivity index (χ1n) is 11.1. The Morgan fingerprint density at radius 2 is 1.79 bits per heavy atom. The van der Waals surface area contributed by atoms with Gasteiger partial charge in [0, 0.05) is 6.42 Å². The van der Waals surface area contributed by atoms with Crippen molar-refractivity contribution in [3.05, 3.63) is 99.5 Å². The molecule has 0 spiro atoms. The molecule has 1 N–H and O–H groups in total. The van der Waals surface area contributed by atoms with Gasteiger partial charge in [-0.15, -0.1) is 0 Å². The van der Waals surface area contributed by atoms with Crippen molar-refractivity contribution in [1.82, 2.24) is 0 Å². The number of ether oxygens (including phenoxy) is 1. The number of Topliss-reactive ketones (excluding diaryl/α,β-unsaturated/α-hetero) is 1. The highest BCUT2D eigenvalue weighted by Gasteiger charge is 2.66. The number of ketones is 1. The fourth-order valence-electron chi connectivity index (χ4n) is 4.91. The van der Waals surface area contributed by atoms with Gasteiger partial charge in [0.15, 0.2) is 11.2 Å². The molecule has 3 aromatic rings. The number of phenolic OH excluding ortho intramolecular Hbond substituents is 1. The summed E-state index contributed by atoms with van der Waals surface area (Å²) in [5.41, 5.74) is -0.608. The summed E-state index contributed by atoms with van der Waals surface area (Å²) >= 11 is 3.33. The molecule has 1 fully saturated rings. The van der Waals surface area contributed by atoms with Gasteiger partial charge in [0.1, 0.15) is 17.8 Å². The van der Waals surface area contributed by atoms with Gasteiger partial charge in [-0.2, -0.15) is 5.26 Å². The maximum absolute atomic E-state index is 13.9. The van der Waals surface area contributed by atoms with Gasteiger partial charge in [0.05, 0.1) is 10.5 Å². The van der Waals surface area contributed by atoms with Crippen LogP contribution in [-0.4, -0.2) is 16.9 Å². The summed E-state index contributed by atoms with van der Waals surface area (Å²) in [6.45, 7) is 1.93. The van der Waals surface area contributed by atoms with Gasteiger partial charge in [-0.25, -0.2) is 0 Å². The number of esters is 1. The van der Waals surface area contributed by atoms with E-state index in [2.05, 4.69) is 22.0 Å². The van der Waals surface area contributed by atoms with Crippen LogP contribution in [0.4, 0.5) is 0 Å². The molecule has 1 aliphatic carbocycles. The number of halogens is 1. The monoisotopic (exact) mass is 517 g/mol. The third-order valence-electron chi connectivity index (χ3n) is 6.67. The number of nitriles is 1. The summed E-state index contributed by atoms with van der Waals surface area (Å²) in [7, 11) is 0. The number of nitrogens with zero attached hydrogens (tertiary/aromatic N) is 1. The molecule has 0 amide bonds. The zero-order valence-electron chi connectivity index (χ0n) is 18.8. The maximum atomic E-state index is 13.9. The Labute approximate surface area is 207 Å². The minimum atomic E-state index is -1.72. The number of benzene rings is 3. The SMILES string of the molecule is Cc1ccc([C@@](C#N)(c2ccc(O)c(Br)c2)[C@@]2(C(=O)OCc3ccccc3)CCCC2=O)cc1. The minimum Gasteiger partial charge on any atom is -0.507 e. The molecule has 2 atom stereocenters. The third-order valence-corrected chi connectivity index (χ3v) is 7.30. The van der Waals surface area contributed by atoms with Crippen molar-refractivity contribution in [3.63, 3.8) is 0 Å². The highest BCUT2D eigenvalue weighted by Crippen LogP contribution is 2.55. The van der Waals surface area contributed by atoms with Crippen LogP contribution in [-0.2, 0) is 26.3 Å². The lowest BCUT2D eigenvalue weighted by Gasteiger charge is -2.41. The zero-order chi connectivity index (χ0) is 24.3. The first-order valence-corrected chi connectivity index (χ1v) is 11.9. The normalized spacial score (nSPS) is 19.3. The number of aromatic hydroxyl groups is 1. The molecule has 5 nitrogen and oxygen atoms in total. The molecule has 0 bridgehead atoms. The number of hydrogen-bond donors (Lipinski definition) is 1. The second-order valence-corrected chi connectivity index (χ2v) is 9.49. The minimum absolute atomic E-state index is 0.00190. The Balaban J connectivity index is 1.93. The molecule has 4 rings (SSSR count). The van der Waals surface area contributed by atoms with Crippen LogP contribution in [0, 0.1) is 23.7 Å². The largest absolute Gasteiger partial charge is 0.507 e. The first kappa shape index (κ1) is 23.7. The van der Waals surface area contributed by atoms with Crippen molar-refractivity contribution in [1.29, 1.82) is 5.26 Å². The average Bonchev–Trinajstić information content (AvgIpc) is 3.24. The first-order chi connectivity index (χ1) is 16.3. The van der Waals surface area contributed by atoms with E-state index in [-0.39, 0.29) is 31.0 Å². The fraction of sp³-hybridized carbons (Fsp3) is 0.250. The Hall–Kier alpha value is -3.43. The summed E-state index contributed by atoms with van der Waals surface area (Å²) in [5.74, 6) is -1.01. The number of carbonyl (C=O) groups is 2. The van der Waals surface area contributed by atoms with Gasteiger partial charge in [-0.05, 0) is 64.5 Å². The van der Waals surface area contributed by atoms with E-state index in [1.54, 1.807) is 24.3 Å². The number of carbonyl (C=O) groups excluding carboxylic acids is 2. The molecule has 0 heterocycles. The summed E-state index contributed by atoms with van der Waals surface area (Å²) in [6.07, 6.45) is 0.863. The van der Waals surface area contributed by atoms with Crippen LogP contribution in [0.1, 0.15) is 41.5 Å². The summed E-state index contributed by atoms with van der Waals surface area (Å²) < 4.78 is 6.11. The quantitative estimate of drug-likeness (QED) is 0.332. The molecule has 1 saturated carbocycles. The van der Waals surface area contributed by atoms with Gasteiger partial charge < -0.3 is 9.84 Å². The van der Waals surface area contributed by atoms with Crippen molar-refractivity contribution in [2.24, 2.45) is 5.41 Å². The zero-order valence-corrected chi connectivity index (χ0v) is 20.3. The van der Waals surface area contributed by atoms with E-state index in [1.807, 2.05) is 49.4 Å². The number of rotatable bonds is 6. The summed E-state index contributed by atoms with van der Waals surface area (Å²) in [5, 5.41) is 20.9. The third kappa shape index (κ3) is 3.80. The molecule has 0 radical (unpaired) electrons. The van der Waals surface area contributed by atoms with Gasteiger partial charge in [0.25, 0.3) is 0 Å². The Kier molecular flexibility index (Phi) is 6.58. The van der Waals surface area contributed by atoms with Crippen molar-refractivity contribution < 1.29 is 19.4 Å². The molecule has 1 aliphatic rings. The second-order valence-electron chi connectivity index (χ2n) is 8.64. The topological polar surface area (TPSA) is 87.4 Å². The van der Waals surface area contributed by atoms with Gasteiger partial charge >= 0.3 is 5.97 Å². The smallest absolute Gasteiger partial charge is 0.322 e. The van der Waals surface area contributed by atoms with Crippen molar-refractivity contribution in [3.8, 4) is 11.8 Å². The number of hydrogen-bond acceptors (Lipinski definition) is 5. The lowest BCUT2D eigenvalue weighted by molar-refractivity contribution is -0.163. The Bertz CT molecular complexity index is 1270. The van der Waals surface area contributed by atoms with E-state index >= 15 is 0 Å².